The molecule has 9 heteroatoms. The molecule has 2 aromatic carbocycles. The molecule has 1 aliphatic rings. The molecule has 4 rings (SSSR count). The first kappa shape index (κ1) is 22.2. The van der Waals surface area contributed by atoms with Gasteiger partial charge in [-0.3, -0.25) is 0 Å². The molecule has 2 amide bonds. The van der Waals surface area contributed by atoms with Gasteiger partial charge in [0.15, 0.2) is 0 Å². The van der Waals surface area contributed by atoms with E-state index in [9.17, 15) is 4.79 Å². The van der Waals surface area contributed by atoms with Gasteiger partial charge < -0.3 is 29.3 Å². The zero-order chi connectivity index (χ0) is 23.2. The summed E-state index contributed by atoms with van der Waals surface area (Å²) in [6, 6.07) is 14.9. The first-order valence-electron chi connectivity index (χ1n) is 10.6. The lowest BCUT2D eigenvalue weighted by atomic mass is 10.1. The minimum absolute atomic E-state index is 0.169. The minimum Gasteiger partial charge on any atom is -0.497 e. The highest BCUT2D eigenvalue weighted by Crippen LogP contribution is 2.29. The molecule has 0 unspecified atom stereocenters. The maximum absolute atomic E-state index is 12.8. The summed E-state index contributed by atoms with van der Waals surface area (Å²) in [5.41, 5.74) is 2.39. The number of urea groups is 1. The van der Waals surface area contributed by atoms with Crippen molar-refractivity contribution in [1.82, 2.24) is 14.9 Å². The smallest absolute Gasteiger partial charge is 0.322 e. The molecule has 1 aromatic heterocycles. The third kappa shape index (κ3) is 5.08. The number of carbonyl (C=O) groups is 1. The average molecular weight is 450 g/mol. The van der Waals surface area contributed by atoms with Gasteiger partial charge in [-0.15, -0.1) is 0 Å². The second-order valence-corrected chi connectivity index (χ2v) is 7.46. The van der Waals surface area contributed by atoms with Gasteiger partial charge in [0.25, 0.3) is 0 Å². The maximum atomic E-state index is 12.8. The Kier molecular flexibility index (Phi) is 6.77. The molecule has 0 aliphatic carbocycles. The van der Waals surface area contributed by atoms with Crippen molar-refractivity contribution in [2.24, 2.45) is 0 Å². The molecular weight excluding hydrogens is 422 g/mol. The zero-order valence-electron chi connectivity index (χ0n) is 18.9. The second-order valence-electron chi connectivity index (χ2n) is 7.46. The number of hydrogen-bond donors (Lipinski definition) is 1. The largest absolute Gasteiger partial charge is 0.497 e. The number of rotatable bonds is 6. The van der Waals surface area contributed by atoms with E-state index in [-0.39, 0.29) is 6.03 Å². The Morgan fingerprint density at radius 3 is 2.36 bits per heavy atom. The highest BCUT2D eigenvalue weighted by atomic mass is 16.5. The van der Waals surface area contributed by atoms with Gasteiger partial charge >= 0.3 is 6.03 Å². The van der Waals surface area contributed by atoms with E-state index in [0.29, 0.717) is 43.4 Å². The number of piperazine rings is 1. The second kappa shape index (κ2) is 10.1. The van der Waals surface area contributed by atoms with Crippen molar-refractivity contribution in [2.45, 2.75) is 0 Å². The molecule has 1 saturated heterocycles. The molecule has 1 fully saturated rings. The van der Waals surface area contributed by atoms with Crippen LogP contribution in [0.3, 0.4) is 0 Å². The third-order valence-electron chi connectivity index (χ3n) is 5.56. The summed E-state index contributed by atoms with van der Waals surface area (Å²) in [5, 5.41) is 2.93. The zero-order valence-corrected chi connectivity index (χ0v) is 18.9. The first-order chi connectivity index (χ1) is 16.1. The van der Waals surface area contributed by atoms with Crippen molar-refractivity contribution in [1.29, 1.82) is 0 Å². The fourth-order valence-corrected chi connectivity index (χ4v) is 3.69. The van der Waals surface area contributed by atoms with Gasteiger partial charge in [0, 0.05) is 43.9 Å². The maximum Gasteiger partial charge on any atom is 0.322 e. The number of nitrogens with one attached hydrogen (secondary N) is 1. The minimum atomic E-state index is -0.169. The number of ether oxygens (including phenoxy) is 3. The van der Waals surface area contributed by atoms with E-state index in [4.69, 9.17) is 14.2 Å². The Morgan fingerprint density at radius 2 is 1.64 bits per heavy atom. The Bertz CT molecular complexity index is 1120. The number of benzene rings is 2. The standard InChI is InChI=1S/C24H27N5O4/c1-31-18-6-4-5-17(13-18)21-15-23(26-16-25-21)28-9-11-29(12-10-28)24(30)27-20-8-7-19(32-2)14-22(20)33-3/h4-8,13-16H,9-12H2,1-3H3,(H,27,30). The Balaban J connectivity index is 1.39. The van der Waals surface area contributed by atoms with E-state index >= 15 is 0 Å². The van der Waals surface area contributed by atoms with Crippen LogP contribution in [-0.2, 0) is 0 Å². The summed E-state index contributed by atoms with van der Waals surface area (Å²) in [5.74, 6) is 2.82. The Morgan fingerprint density at radius 1 is 0.879 bits per heavy atom. The van der Waals surface area contributed by atoms with E-state index in [1.165, 1.54) is 0 Å². The predicted molar refractivity (Wildman–Crippen MR) is 126 cm³/mol. The van der Waals surface area contributed by atoms with Crippen LogP contribution in [0.1, 0.15) is 0 Å². The topological polar surface area (TPSA) is 89.1 Å². The predicted octanol–water partition coefficient (Wildman–Crippen LogP) is 3.52. The Hall–Kier alpha value is -4.01. The number of carbonyl (C=O) groups excluding carboxylic acids is 1. The highest BCUT2D eigenvalue weighted by molar-refractivity contribution is 5.91. The summed E-state index contributed by atoms with van der Waals surface area (Å²) in [4.78, 5) is 25.6. The van der Waals surface area contributed by atoms with Crippen molar-refractivity contribution < 1.29 is 19.0 Å². The SMILES string of the molecule is COc1cccc(-c2cc(N3CCN(C(=O)Nc4ccc(OC)cc4OC)CC3)ncn2)c1. The van der Waals surface area contributed by atoms with Crippen molar-refractivity contribution in [2.75, 3.05) is 57.7 Å². The number of anilines is 2. The monoisotopic (exact) mass is 449 g/mol. The molecule has 0 spiro atoms. The molecule has 172 valence electrons. The quantitative estimate of drug-likeness (QED) is 0.616. The van der Waals surface area contributed by atoms with Crippen LogP contribution in [0.25, 0.3) is 11.3 Å². The number of hydrogen-bond acceptors (Lipinski definition) is 7. The van der Waals surface area contributed by atoms with Crippen LogP contribution < -0.4 is 24.4 Å². The molecule has 9 nitrogen and oxygen atoms in total. The Labute approximate surface area is 192 Å². The lowest BCUT2D eigenvalue weighted by Crippen LogP contribution is -2.50. The van der Waals surface area contributed by atoms with Gasteiger partial charge in [-0.05, 0) is 24.3 Å². The lowest BCUT2D eigenvalue weighted by molar-refractivity contribution is 0.208. The normalized spacial score (nSPS) is 13.4. The van der Waals surface area contributed by atoms with Crippen LogP contribution in [0, 0.1) is 0 Å². The van der Waals surface area contributed by atoms with Crippen LogP contribution in [0.4, 0.5) is 16.3 Å². The van der Waals surface area contributed by atoms with Crippen molar-refractivity contribution >= 4 is 17.5 Å². The van der Waals surface area contributed by atoms with Crippen molar-refractivity contribution in [3.05, 3.63) is 54.9 Å². The van der Waals surface area contributed by atoms with E-state index in [1.807, 2.05) is 30.3 Å². The summed E-state index contributed by atoms with van der Waals surface area (Å²) in [6.07, 6.45) is 1.57. The number of aromatic nitrogens is 2. The molecule has 1 N–H and O–H groups in total. The van der Waals surface area contributed by atoms with E-state index < -0.39 is 0 Å². The van der Waals surface area contributed by atoms with Gasteiger partial charge in [-0.1, -0.05) is 12.1 Å². The highest BCUT2D eigenvalue weighted by Gasteiger charge is 2.23. The molecule has 1 aliphatic heterocycles. The average Bonchev–Trinajstić information content (AvgIpc) is 2.89. The van der Waals surface area contributed by atoms with Crippen LogP contribution in [0.2, 0.25) is 0 Å². The number of methoxy groups -OCH3 is 3. The van der Waals surface area contributed by atoms with Gasteiger partial charge in [0.05, 0.1) is 32.7 Å². The number of nitrogens with zero attached hydrogens (tertiary/aromatic N) is 4. The molecule has 3 aromatic rings. The van der Waals surface area contributed by atoms with Crippen LogP contribution in [0.15, 0.2) is 54.9 Å². The van der Waals surface area contributed by atoms with Gasteiger partial charge in [-0.25, -0.2) is 14.8 Å². The molecule has 0 radical (unpaired) electrons. The molecule has 0 bridgehead atoms. The van der Waals surface area contributed by atoms with Crippen LogP contribution in [-0.4, -0.2) is 68.4 Å². The summed E-state index contributed by atoms with van der Waals surface area (Å²) < 4.78 is 15.9. The number of amides is 2. The molecule has 33 heavy (non-hydrogen) atoms. The molecular formula is C24H27N5O4. The molecule has 0 saturated carbocycles. The fourth-order valence-electron chi connectivity index (χ4n) is 3.69. The van der Waals surface area contributed by atoms with E-state index in [1.54, 1.807) is 50.8 Å². The van der Waals surface area contributed by atoms with Crippen LogP contribution >= 0.6 is 0 Å². The summed E-state index contributed by atoms with van der Waals surface area (Å²) in [7, 11) is 4.79. The van der Waals surface area contributed by atoms with Crippen molar-refractivity contribution in [3.63, 3.8) is 0 Å². The third-order valence-corrected chi connectivity index (χ3v) is 5.56. The first-order valence-corrected chi connectivity index (χ1v) is 10.6. The lowest BCUT2D eigenvalue weighted by Gasteiger charge is -2.35. The van der Waals surface area contributed by atoms with Gasteiger partial charge in [-0.2, -0.15) is 0 Å². The molecule has 0 atom stereocenters. The van der Waals surface area contributed by atoms with E-state index in [2.05, 4.69) is 20.2 Å². The van der Waals surface area contributed by atoms with E-state index in [0.717, 1.165) is 22.8 Å². The summed E-state index contributed by atoms with van der Waals surface area (Å²) >= 11 is 0. The summed E-state index contributed by atoms with van der Waals surface area (Å²) in [6.45, 7) is 2.48. The van der Waals surface area contributed by atoms with Crippen molar-refractivity contribution in [3.8, 4) is 28.5 Å². The van der Waals surface area contributed by atoms with Gasteiger partial charge in [0.1, 0.15) is 29.4 Å². The van der Waals surface area contributed by atoms with Crippen LogP contribution in [0.5, 0.6) is 17.2 Å². The fraction of sp³-hybridized carbons (Fsp3) is 0.292. The van der Waals surface area contributed by atoms with Gasteiger partial charge in [0.2, 0.25) is 0 Å². The molecule has 2 heterocycles.